The smallest absolute Gasteiger partial charge is 0.109 e. The zero-order valence-corrected chi connectivity index (χ0v) is 13.6. The number of aromatic nitrogens is 4. The van der Waals surface area contributed by atoms with Crippen molar-refractivity contribution in [1.82, 2.24) is 19.6 Å². The maximum absolute atomic E-state index is 12.4. The monoisotopic (exact) mass is 315 g/mol. The van der Waals surface area contributed by atoms with Gasteiger partial charge >= 0.3 is 0 Å². The van der Waals surface area contributed by atoms with E-state index >= 15 is 0 Å². The summed E-state index contributed by atoms with van der Waals surface area (Å²) in [6, 6.07) is 0. The van der Waals surface area contributed by atoms with Crippen LogP contribution in [0.2, 0.25) is 0 Å². The molecule has 0 spiro atoms. The summed E-state index contributed by atoms with van der Waals surface area (Å²) in [5, 5.41) is 12.0. The van der Waals surface area contributed by atoms with Gasteiger partial charge in [-0.05, 0) is 20.3 Å². The summed E-state index contributed by atoms with van der Waals surface area (Å²) in [4.78, 5) is 0. The Balaban J connectivity index is 0.00000220. The molecule has 5 nitrogen and oxygen atoms in total. The summed E-state index contributed by atoms with van der Waals surface area (Å²) in [6.07, 6.45) is 4.90. The molecule has 2 heterocycles. The second kappa shape index (κ2) is 8.02. The minimum atomic E-state index is -0.398. The van der Waals surface area contributed by atoms with E-state index in [0.717, 1.165) is 30.0 Å². The molecule has 1 N–H and O–H groups in total. The fourth-order valence-corrected chi connectivity index (χ4v) is 2.19. The number of anilines is 1. The van der Waals surface area contributed by atoms with Gasteiger partial charge in [-0.2, -0.15) is 10.2 Å². The van der Waals surface area contributed by atoms with Crippen LogP contribution in [0.1, 0.15) is 30.3 Å². The molecule has 0 fully saturated rings. The van der Waals surface area contributed by atoms with Gasteiger partial charge in [-0.3, -0.25) is 9.36 Å². The van der Waals surface area contributed by atoms with E-state index in [2.05, 4.69) is 28.6 Å². The number of rotatable bonds is 7. The number of halogens is 2. The van der Waals surface area contributed by atoms with E-state index < -0.39 is 6.67 Å². The first kappa shape index (κ1) is 17.5. The predicted molar refractivity (Wildman–Crippen MR) is 84.8 cm³/mol. The Hall–Kier alpha value is -1.56. The van der Waals surface area contributed by atoms with Gasteiger partial charge < -0.3 is 5.32 Å². The topological polar surface area (TPSA) is 47.7 Å². The molecule has 2 aromatic heterocycles. The van der Waals surface area contributed by atoms with Gasteiger partial charge in [0.15, 0.2) is 0 Å². The van der Waals surface area contributed by atoms with Gasteiger partial charge in [0.05, 0.1) is 29.8 Å². The Morgan fingerprint density at radius 2 is 2.05 bits per heavy atom. The lowest BCUT2D eigenvalue weighted by molar-refractivity contribution is 0.423. The molecular formula is C14H23ClFN5. The third kappa shape index (κ3) is 4.20. The third-order valence-corrected chi connectivity index (χ3v) is 3.37. The van der Waals surface area contributed by atoms with Crippen LogP contribution in [0.5, 0.6) is 0 Å². The van der Waals surface area contributed by atoms with Crippen molar-refractivity contribution in [2.75, 3.05) is 12.0 Å². The summed E-state index contributed by atoms with van der Waals surface area (Å²) >= 11 is 0. The van der Waals surface area contributed by atoms with E-state index in [4.69, 9.17) is 0 Å². The Kier molecular flexibility index (Phi) is 6.68. The van der Waals surface area contributed by atoms with Crippen LogP contribution in [0, 0.1) is 13.8 Å². The number of aryl methyl sites for hydroxylation is 3. The van der Waals surface area contributed by atoms with E-state index in [-0.39, 0.29) is 12.4 Å². The largest absolute Gasteiger partial charge is 0.378 e. The molecule has 0 aliphatic carbocycles. The summed E-state index contributed by atoms with van der Waals surface area (Å²) in [5.74, 6) is 0. The SMILES string of the molecule is CCCn1cc(CNc2cnn(CCF)c2C)c(C)n1.Cl. The van der Waals surface area contributed by atoms with Crippen LogP contribution in [-0.2, 0) is 19.6 Å². The van der Waals surface area contributed by atoms with Gasteiger partial charge in [0, 0.05) is 24.8 Å². The molecular weight excluding hydrogens is 293 g/mol. The average Bonchev–Trinajstić information content (AvgIpc) is 2.93. The molecule has 0 aromatic carbocycles. The minimum Gasteiger partial charge on any atom is -0.378 e. The van der Waals surface area contributed by atoms with Gasteiger partial charge in [-0.15, -0.1) is 12.4 Å². The first-order valence-corrected chi connectivity index (χ1v) is 7.00. The molecule has 2 aromatic rings. The maximum Gasteiger partial charge on any atom is 0.109 e. The minimum absolute atomic E-state index is 0. The fraction of sp³-hybridized carbons (Fsp3) is 0.571. The summed E-state index contributed by atoms with van der Waals surface area (Å²) < 4.78 is 16.0. The maximum atomic E-state index is 12.4. The molecule has 0 saturated carbocycles. The molecule has 0 aliphatic rings. The molecule has 0 bridgehead atoms. The van der Waals surface area contributed by atoms with Gasteiger partial charge in [-0.1, -0.05) is 6.92 Å². The Labute approximate surface area is 130 Å². The Bertz CT molecular complexity index is 562. The highest BCUT2D eigenvalue weighted by Gasteiger charge is 2.08. The normalized spacial score (nSPS) is 10.5. The van der Waals surface area contributed by atoms with Crippen molar-refractivity contribution in [3.63, 3.8) is 0 Å². The van der Waals surface area contributed by atoms with Crippen molar-refractivity contribution in [3.8, 4) is 0 Å². The molecule has 21 heavy (non-hydrogen) atoms. The highest BCUT2D eigenvalue weighted by Crippen LogP contribution is 2.16. The van der Waals surface area contributed by atoms with Crippen molar-refractivity contribution < 1.29 is 4.39 Å². The van der Waals surface area contributed by atoms with Crippen molar-refractivity contribution in [2.24, 2.45) is 0 Å². The van der Waals surface area contributed by atoms with Crippen LogP contribution in [0.3, 0.4) is 0 Å². The summed E-state index contributed by atoms with van der Waals surface area (Å²) in [7, 11) is 0. The van der Waals surface area contributed by atoms with Gasteiger partial charge in [0.25, 0.3) is 0 Å². The second-order valence-corrected chi connectivity index (χ2v) is 4.91. The lowest BCUT2D eigenvalue weighted by Gasteiger charge is -2.05. The highest BCUT2D eigenvalue weighted by molar-refractivity contribution is 5.85. The molecule has 2 rings (SSSR count). The van der Waals surface area contributed by atoms with E-state index in [1.165, 1.54) is 5.56 Å². The standard InChI is InChI=1S/C14H22FN5.ClH/c1-4-6-19-10-13(11(2)18-19)8-16-14-9-17-20(7-5-15)12(14)3;/h9-10,16H,4-8H2,1-3H3;1H. The molecule has 0 aliphatic heterocycles. The van der Waals surface area contributed by atoms with E-state index in [1.54, 1.807) is 10.9 Å². The molecule has 0 amide bonds. The molecule has 0 saturated heterocycles. The zero-order valence-electron chi connectivity index (χ0n) is 12.8. The Morgan fingerprint density at radius 1 is 1.29 bits per heavy atom. The van der Waals surface area contributed by atoms with Crippen molar-refractivity contribution >= 4 is 18.1 Å². The molecule has 7 heteroatoms. The van der Waals surface area contributed by atoms with Gasteiger partial charge in [0.1, 0.15) is 6.67 Å². The third-order valence-electron chi connectivity index (χ3n) is 3.37. The first-order valence-electron chi connectivity index (χ1n) is 7.00. The molecule has 0 atom stereocenters. The number of hydrogen-bond donors (Lipinski definition) is 1. The van der Waals surface area contributed by atoms with E-state index in [1.807, 2.05) is 18.5 Å². The second-order valence-electron chi connectivity index (χ2n) is 4.91. The lowest BCUT2D eigenvalue weighted by Crippen LogP contribution is -2.05. The van der Waals surface area contributed by atoms with Crippen LogP contribution in [-0.4, -0.2) is 26.2 Å². The molecule has 118 valence electrons. The number of hydrogen-bond acceptors (Lipinski definition) is 3. The van der Waals surface area contributed by atoms with Crippen LogP contribution in [0.15, 0.2) is 12.4 Å². The number of alkyl halides is 1. The van der Waals surface area contributed by atoms with Gasteiger partial charge in [-0.25, -0.2) is 4.39 Å². The molecule has 0 unspecified atom stereocenters. The predicted octanol–water partition coefficient (Wildman–Crippen LogP) is 3.11. The molecule has 0 radical (unpaired) electrons. The van der Waals surface area contributed by atoms with Crippen LogP contribution >= 0.6 is 12.4 Å². The van der Waals surface area contributed by atoms with Crippen LogP contribution in [0.25, 0.3) is 0 Å². The van der Waals surface area contributed by atoms with Gasteiger partial charge in [0.2, 0.25) is 0 Å². The van der Waals surface area contributed by atoms with Crippen molar-refractivity contribution in [2.45, 2.75) is 46.8 Å². The van der Waals surface area contributed by atoms with Crippen molar-refractivity contribution in [3.05, 3.63) is 29.3 Å². The van der Waals surface area contributed by atoms with E-state index in [0.29, 0.717) is 13.1 Å². The van der Waals surface area contributed by atoms with Crippen LogP contribution < -0.4 is 5.32 Å². The number of nitrogens with zero attached hydrogens (tertiary/aromatic N) is 4. The Morgan fingerprint density at radius 3 is 2.71 bits per heavy atom. The van der Waals surface area contributed by atoms with E-state index in [9.17, 15) is 4.39 Å². The first-order chi connectivity index (χ1) is 9.65. The van der Waals surface area contributed by atoms with Crippen LogP contribution in [0.4, 0.5) is 10.1 Å². The quantitative estimate of drug-likeness (QED) is 0.854. The lowest BCUT2D eigenvalue weighted by atomic mass is 10.2. The highest BCUT2D eigenvalue weighted by atomic mass is 35.5. The average molecular weight is 316 g/mol. The fourth-order valence-electron chi connectivity index (χ4n) is 2.19. The summed E-state index contributed by atoms with van der Waals surface area (Å²) in [5.41, 5.74) is 4.12. The van der Waals surface area contributed by atoms with Crippen molar-refractivity contribution in [1.29, 1.82) is 0 Å². The summed E-state index contributed by atoms with van der Waals surface area (Å²) in [6.45, 7) is 7.65. The zero-order chi connectivity index (χ0) is 14.5. The number of nitrogens with one attached hydrogen (secondary N) is 1.